The van der Waals surface area contributed by atoms with Gasteiger partial charge in [0.1, 0.15) is 19.3 Å². The fraction of sp³-hybridized carbons (Fsp3) is 0.956. The van der Waals surface area contributed by atoms with Crippen LogP contribution in [0.3, 0.4) is 0 Å². The zero-order valence-electron chi connectivity index (χ0n) is 72.4. The highest BCUT2D eigenvalue weighted by Crippen LogP contribution is 2.45. The zero-order chi connectivity index (χ0) is 80.4. The number of carbonyl (C=O) groups is 4. The van der Waals surface area contributed by atoms with Crippen LogP contribution < -0.4 is 0 Å². The van der Waals surface area contributed by atoms with Gasteiger partial charge < -0.3 is 33.8 Å². The lowest BCUT2D eigenvalue weighted by molar-refractivity contribution is -0.161. The van der Waals surface area contributed by atoms with E-state index in [0.717, 1.165) is 95.8 Å². The minimum atomic E-state index is -4.97. The van der Waals surface area contributed by atoms with Crippen LogP contribution in [0, 0.1) is 5.92 Å². The molecule has 19 heteroatoms. The molecule has 0 saturated carbocycles. The van der Waals surface area contributed by atoms with Crippen molar-refractivity contribution in [3.05, 3.63) is 0 Å². The first-order chi connectivity index (χ1) is 53.5. The monoisotopic (exact) mass is 1610 g/mol. The molecule has 17 nitrogen and oxygen atoms in total. The van der Waals surface area contributed by atoms with Gasteiger partial charge in [0, 0.05) is 25.7 Å². The Bertz CT molecular complexity index is 2080. The third-order valence-corrected chi connectivity index (χ3v) is 23.4. The molecule has 654 valence electrons. The molecule has 3 N–H and O–H groups in total. The minimum absolute atomic E-state index is 0.108. The Morgan fingerprint density at radius 1 is 0.245 bits per heavy atom. The van der Waals surface area contributed by atoms with E-state index in [9.17, 15) is 43.2 Å². The highest BCUT2D eigenvalue weighted by Gasteiger charge is 2.31. The number of carbonyl (C=O) groups excluding carboxylic acids is 4. The number of phosphoric ester groups is 2. The first-order valence-corrected chi connectivity index (χ1v) is 50.1. The number of rotatable bonds is 91. The van der Waals surface area contributed by atoms with Gasteiger partial charge in [0.2, 0.25) is 0 Å². The van der Waals surface area contributed by atoms with E-state index in [0.29, 0.717) is 25.7 Å². The molecule has 0 fully saturated rings. The Kier molecular flexibility index (Phi) is 82.1. The second-order valence-electron chi connectivity index (χ2n) is 33.2. The Morgan fingerprint density at radius 2 is 0.418 bits per heavy atom. The molecule has 0 aromatic rings. The van der Waals surface area contributed by atoms with Gasteiger partial charge in [-0.15, -0.1) is 0 Å². The molecule has 0 aliphatic heterocycles. The highest BCUT2D eigenvalue weighted by atomic mass is 31.2. The van der Waals surface area contributed by atoms with Crippen molar-refractivity contribution in [3.63, 3.8) is 0 Å². The number of phosphoric acid groups is 2. The summed E-state index contributed by atoms with van der Waals surface area (Å²) in [6.07, 6.45) is 79.3. The summed E-state index contributed by atoms with van der Waals surface area (Å²) < 4.78 is 69.1. The summed E-state index contributed by atoms with van der Waals surface area (Å²) in [6.45, 7) is 7.41. The number of ether oxygens (including phenoxy) is 4. The summed E-state index contributed by atoms with van der Waals surface area (Å²) >= 11 is 0. The third kappa shape index (κ3) is 84.0. The van der Waals surface area contributed by atoms with E-state index in [4.69, 9.17) is 37.0 Å². The molecule has 2 unspecified atom stereocenters. The number of hydrogen-bond acceptors (Lipinski definition) is 15. The molecule has 0 aliphatic carbocycles. The van der Waals surface area contributed by atoms with Crippen molar-refractivity contribution in [2.24, 2.45) is 5.92 Å². The van der Waals surface area contributed by atoms with Gasteiger partial charge in [-0.3, -0.25) is 37.3 Å². The molecule has 0 aromatic heterocycles. The van der Waals surface area contributed by atoms with Crippen LogP contribution in [0.5, 0.6) is 0 Å². The van der Waals surface area contributed by atoms with E-state index in [1.165, 1.54) is 321 Å². The summed E-state index contributed by atoms with van der Waals surface area (Å²) in [4.78, 5) is 73.4. The van der Waals surface area contributed by atoms with Crippen molar-refractivity contribution in [2.45, 2.75) is 515 Å². The summed E-state index contributed by atoms with van der Waals surface area (Å²) in [5.41, 5.74) is 0. The third-order valence-electron chi connectivity index (χ3n) is 21.5. The Balaban J connectivity index is 5.24. The molecule has 0 rings (SSSR count). The maximum atomic E-state index is 13.2. The lowest BCUT2D eigenvalue weighted by Gasteiger charge is -2.21. The van der Waals surface area contributed by atoms with Gasteiger partial charge in [-0.2, -0.15) is 0 Å². The minimum Gasteiger partial charge on any atom is -0.462 e. The van der Waals surface area contributed by atoms with Crippen LogP contribution in [0.15, 0.2) is 0 Å². The zero-order valence-corrected chi connectivity index (χ0v) is 74.2. The Labute approximate surface area is 677 Å². The maximum Gasteiger partial charge on any atom is 0.472 e. The van der Waals surface area contributed by atoms with Gasteiger partial charge >= 0.3 is 39.5 Å². The molecular formula is C91H178O17P2. The summed E-state index contributed by atoms with van der Waals surface area (Å²) in [6, 6.07) is 0. The van der Waals surface area contributed by atoms with Crippen LogP contribution in [0.25, 0.3) is 0 Å². The van der Waals surface area contributed by atoms with Crippen LogP contribution in [0.2, 0.25) is 0 Å². The second kappa shape index (κ2) is 83.5. The summed E-state index contributed by atoms with van der Waals surface area (Å²) in [5.74, 6) is -1.31. The van der Waals surface area contributed by atoms with E-state index in [1.54, 1.807) is 0 Å². The molecule has 110 heavy (non-hydrogen) atoms. The van der Waals surface area contributed by atoms with E-state index in [2.05, 4.69) is 34.6 Å². The lowest BCUT2D eigenvalue weighted by Crippen LogP contribution is -2.30. The summed E-state index contributed by atoms with van der Waals surface area (Å²) in [5, 5.41) is 10.7. The average molecular weight is 1610 g/mol. The van der Waals surface area contributed by atoms with Crippen molar-refractivity contribution in [1.29, 1.82) is 0 Å². The normalized spacial score (nSPS) is 13.7. The van der Waals surface area contributed by atoms with Crippen LogP contribution in [0.1, 0.15) is 497 Å². The largest absolute Gasteiger partial charge is 0.472 e. The van der Waals surface area contributed by atoms with E-state index >= 15 is 0 Å². The lowest BCUT2D eigenvalue weighted by atomic mass is 10.0. The maximum absolute atomic E-state index is 13.2. The van der Waals surface area contributed by atoms with Gasteiger partial charge in [-0.05, 0) is 31.6 Å². The topological polar surface area (TPSA) is 237 Å². The van der Waals surface area contributed by atoms with Gasteiger partial charge in [-0.25, -0.2) is 9.13 Å². The molecule has 0 aliphatic rings. The van der Waals surface area contributed by atoms with Crippen LogP contribution in [-0.4, -0.2) is 96.7 Å². The van der Waals surface area contributed by atoms with Crippen molar-refractivity contribution < 1.29 is 80.2 Å². The molecular weight excluding hydrogens is 1430 g/mol. The van der Waals surface area contributed by atoms with Crippen LogP contribution in [0.4, 0.5) is 0 Å². The van der Waals surface area contributed by atoms with Gasteiger partial charge in [0.25, 0.3) is 0 Å². The van der Waals surface area contributed by atoms with Crippen molar-refractivity contribution in [3.8, 4) is 0 Å². The van der Waals surface area contributed by atoms with E-state index in [-0.39, 0.29) is 25.7 Å². The predicted molar refractivity (Wildman–Crippen MR) is 455 cm³/mol. The second-order valence-corrected chi connectivity index (χ2v) is 36.1. The van der Waals surface area contributed by atoms with E-state index < -0.39 is 97.5 Å². The number of unbranched alkanes of at least 4 members (excludes halogenated alkanes) is 63. The first kappa shape index (κ1) is 108. The smallest absolute Gasteiger partial charge is 0.462 e. The fourth-order valence-corrected chi connectivity index (χ4v) is 15.9. The van der Waals surface area contributed by atoms with Crippen molar-refractivity contribution in [1.82, 2.24) is 0 Å². The van der Waals surface area contributed by atoms with Gasteiger partial charge in [-0.1, -0.05) is 446 Å². The Morgan fingerprint density at radius 3 is 0.618 bits per heavy atom. The SMILES string of the molecule is CCCCCCCCCCCCCCCCCCCCCCCCC(=O)O[C@H](COC(=O)CCCCCCCCCCCCCCCCCCCCCC)COP(=O)(O)OC[C@@H](O)COP(=O)(O)OC[C@@H](COC(=O)CCCCCCCCCCCCCC)OC(=O)CCCCCCCCCCCCCCCC(C)C. The van der Waals surface area contributed by atoms with Crippen molar-refractivity contribution >= 4 is 39.5 Å². The predicted octanol–water partition coefficient (Wildman–Crippen LogP) is 28.3. The Hall–Kier alpha value is -1.94. The molecule has 0 amide bonds. The molecule has 0 aromatic carbocycles. The standard InChI is InChI=1S/C91H178O17P2/c1-6-9-12-15-18-21-24-27-29-31-33-35-36-38-40-42-46-51-56-61-66-71-76-90(95)107-87(81-102-89(94)75-70-65-60-55-50-45-41-39-37-34-32-30-28-25-22-19-16-13-10-7-2)83-106-110(99,100)104-79-85(92)78-103-109(97,98)105-82-86(80-101-88(93)74-69-64-59-54-49-26-23-20-17-14-11-8-3)108-91(96)77-72-67-62-57-52-47-43-44-48-53-58-63-68-73-84(4)5/h84-87,92H,6-83H2,1-5H3,(H,97,98)(H,99,100)/t85-,86+,87+/m0/s1. The van der Waals surface area contributed by atoms with Crippen molar-refractivity contribution in [2.75, 3.05) is 39.6 Å². The molecule has 0 bridgehead atoms. The number of aliphatic hydroxyl groups is 1. The first-order valence-electron chi connectivity index (χ1n) is 47.1. The molecule has 0 radical (unpaired) electrons. The summed E-state index contributed by atoms with van der Waals surface area (Å²) in [7, 11) is -9.93. The van der Waals surface area contributed by atoms with E-state index in [1.807, 2.05) is 0 Å². The molecule has 0 heterocycles. The fourth-order valence-electron chi connectivity index (χ4n) is 14.4. The number of hydrogen-bond donors (Lipinski definition) is 3. The molecule has 0 saturated heterocycles. The van der Waals surface area contributed by atoms with Crippen LogP contribution in [-0.2, 0) is 65.4 Å². The number of esters is 4. The number of aliphatic hydroxyl groups excluding tert-OH is 1. The molecule has 0 spiro atoms. The molecule has 5 atom stereocenters. The quantitative estimate of drug-likeness (QED) is 0.0222. The van der Waals surface area contributed by atoms with Gasteiger partial charge in [0.15, 0.2) is 12.2 Å². The average Bonchev–Trinajstić information content (AvgIpc) is 0.899. The highest BCUT2D eigenvalue weighted by molar-refractivity contribution is 7.47. The van der Waals surface area contributed by atoms with Crippen LogP contribution >= 0.6 is 15.6 Å². The van der Waals surface area contributed by atoms with Gasteiger partial charge in [0.05, 0.1) is 26.4 Å².